The molecule has 0 unspecified atom stereocenters. The third kappa shape index (κ3) is 4.66. The molecular weight excluding hydrogens is 202 g/mol. The molecule has 0 aromatic carbocycles. The van der Waals surface area contributed by atoms with Crippen LogP contribution in [0.4, 0.5) is 0 Å². The number of hydrogen-bond acceptors (Lipinski definition) is 3. The lowest BCUT2D eigenvalue weighted by Crippen LogP contribution is -2.35. The number of ether oxygens (including phenoxy) is 1. The van der Waals surface area contributed by atoms with Gasteiger partial charge in [-0.05, 0) is 26.8 Å². The van der Waals surface area contributed by atoms with Crippen LogP contribution in [0.25, 0.3) is 0 Å². The normalized spacial score (nSPS) is 19.6. The number of hydrogen-bond donors (Lipinski definition) is 1. The second-order valence-corrected chi connectivity index (χ2v) is 4.40. The second-order valence-electron chi connectivity index (χ2n) is 4.40. The van der Waals surface area contributed by atoms with Crippen molar-refractivity contribution in [3.8, 4) is 0 Å². The van der Waals surface area contributed by atoms with Crippen LogP contribution in [0.1, 0.15) is 19.8 Å². The molecule has 0 saturated carbocycles. The minimum absolute atomic E-state index is 0.335. The topological polar surface area (TPSA) is 27.5 Å². The maximum Gasteiger partial charge on any atom is 0.253 e. The molecular formula is C12H24N3O+. The fourth-order valence-corrected chi connectivity index (χ4v) is 1.77. The van der Waals surface area contributed by atoms with Gasteiger partial charge >= 0.3 is 0 Å². The Balaban J connectivity index is 2.45. The van der Waals surface area contributed by atoms with Gasteiger partial charge in [0.15, 0.2) is 0 Å². The van der Waals surface area contributed by atoms with Crippen LogP contribution in [0.5, 0.6) is 0 Å². The summed E-state index contributed by atoms with van der Waals surface area (Å²) in [7, 11) is 4.05. The number of nitrogens with zero attached hydrogens (tertiary/aromatic N) is 2. The van der Waals surface area contributed by atoms with E-state index in [1.807, 2.05) is 13.2 Å². The molecule has 1 fully saturated rings. The molecule has 1 saturated heterocycles. The highest BCUT2D eigenvalue weighted by Crippen LogP contribution is 2.14. The Hall–Kier alpha value is -1.03. The van der Waals surface area contributed by atoms with E-state index in [4.69, 9.17) is 4.74 Å². The van der Waals surface area contributed by atoms with Gasteiger partial charge < -0.3 is 15.0 Å². The van der Waals surface area contributed by atoms with Crippen molar-refractivity contribution in [1.29, 1.82) is 0 Å². The first-order chi connectivity index (χ1) is 7.61. The molecule has 1 aliphatic heterocycles. The number of nitrogens with one attached hydrogen (secondary N) is 1. The van der Waals surface area contributed by atoms with Crippen LogP contribution < -0.4 is 5.32 Å². The first kappa shape index (κ1) is 13.0. The summed E-state index contributed by atoms with van der Waals surface area (Å²) in [5.41, 5.74) is 0. The summed E-state index contributed by atoms with van der Waals surface area (Å²) in [6, 6.07) is 0. The Labute approximate surface area is 98.6 Å². The van der Waals surface area contributed by atoms with Crippen molar-refractivity contribution in [3.05, 3.63) is 12.1 Å². The molecule has 1 aliphatic rings. The van der Waals surface area contributed by atoms with E-state index in [9.17, 15) is 0 Å². The number of likely N-dealkylation sites (tertiary alicyclic amines) is 1. The fraction of sp³-hybridized carbons (Fsp3) is 0.750. The van der Waals surface area contributed by atoms with E-state index in [1.54, 1.807) is 4.58 Å². The standard InChI is InChI=1S/C12H24N3O/c1-5-13-12(10-14(2)3)16-11-6-8-15(4)9-7-11/h10-11,13H,2,5-9H2,1,3-4H3/q+1. The van der Waals surface area contributed by atoms with Gasteiger partial charge in [0.2, 0.25) is 6.20 Å². The molecule has 4 nitrogen and oxygen atoms in total. The van der Waals surface area contributed by atoms with E-state index in [2.05, 4.69) is 30.9 Å². The molecule has 1 heterocycles. The average molecular weight is 226 g/mol. The van der Waals surface area contributed by atoms with Crippen LogP contribution in [0.3, 0.4) is 0 Å². The lowest BCUT2D eigenvalue weighted by molar-refractivity contribution is -0.415. The highest BCUT2D eigenvalue weighted by molar-refractivity contribution is 5.15. The largest absolute Gasteiger partial charge is 0.472 e. The molecule has 92 valence electrons. The van der Waals surface area contributed by atoms with E-state index in [0.29, 0.717) is 6.10 Å². The fourth-order valence-electron chi connectivity index (χ4n) is 1.77. The first-order valence-corrected chi connectivity index (χ1v) is 5.96. The third-order valence-electron chi connectivity index (χ3n) is 2.65. The SMILES string of the molecule is C=[N+](C)C=C(NCC)OC1CCN(C)CC1. The van der Waals surface area contributed by atoms with Crippen molar-refractivity contribution in [2.45, 2.75) is 25.9 Å². The summed E-state index contributed by atoms with van der Waals surface area (Å²) in [6.07, 6.45) is 4.42. The zero-order valence-electron chi connectivity index (χ0n) is 10.7. The second kappa shape index (κ2) is 6.53. The van der Waals surface area contributed by atoms with Crippen molar-refractivity contribution in [2.24, 2.45) is 0 Å². The zero-order chi connectivity index (χ0) is 12.0. The summed E-state index contributed by atoms with van der Waals surface area (Å²) in [5.74, 6) is 0.828. The smallest absolute Gasteiger partial charge is 0.253 e. The van der Waals surface area contributed by atoms with Crippen molar-refractivity contribution >= 4 is 6.72 Å². The van der Waals surface area contributed by atoms with Gasteiger partial charge in [0.1, 0.15) is 19.9 Å². The Morgan fingerprint density at radius 1 is 1.56 bits per heavy atom. The van der Waals surface area contributed by atoms with Crippen LogP contribution in [0.15, 0.2) is 12.1 Å². The van der Waals surface area contributed by atoms with Crippen molar-refractivity contribution in [3.63, 3.8) is 0 Å². The van der Waals surface area contributed by atoms with Gasteiger partial charge in [0.25, 0.3) is 5.88 Å². The monoisotopic (exact) mass is 226 g/mol. The summed E-state index contributed by atoms with van der Waals surface area (Å²) >= 11 is 0. The summed E-state index contributed by atoms with van der Waals surface area (Å²) in [4.78, 5) is 2.34. The number of rotatable bonds is 5. The maximum absolute atomic E-state index is 5.93. The van der Waals surface area contributed by atoms with Gasteiger partial charge in [0, 0.05) is 19.6 Å². The molecule has 1 rings (SSSR count). The van der Waals surface area contributed by atoms with Crippen LogP contribution in [0.2, 0.25) is 0 Å². The molecule has 4 heteroatoms. The minimum atomic E-state index is 0.335. The number of piperidine rings is 1. The van der Waals surface area contributed by atoms with Crippen LogP contribution in [-0.4, -0.2) is 56.0 Å². The van der Waals surface area contributed by atoms with Crippen molar-refractivity contribution in [1.82, 2.24) is 10.2 Å². The molecule has 0 aromatic rings. The predicted octanol–water partition coefficient (Wildman–Crippen LogP) is 0.849. The van der Waals surface area contributed by atoms with Gasteiger partial charge in [-0.15, -0.1) is 0 Å². The molecule has 0 spiro atoms. The quantitative estimate of drug-likeness (QED) is 0.428. The van der Waals surface area contributed by atoms with Gasteiger partial charge in [0.05, 0.1) is 0 Å². The predicted molar refractivity (Wildman–Crippen MR) is 66.7 cm³/mol. The highest BCUT2D eigenvalue weighted by atomic mass is 16.5. The van der Waals surface area contributed by atoms with E-state index in [1.165, 1.54) is 0 Å². The summed E-state index contributed by atoms with van der Waals surface area (Å²) in [6.45, 7) is 8.96. The minimum Gasteiger partial charge on any atom is -0.472 e. The average Bonchev–Trinajstić information content (AvgIpc) is 2.21. The van der Waals surface area contributed by atoms with Gasteiger partial charge in [-0.2, -0.15) is 0 Å². The van der Waals surface area contributed by atoms with Crippen LogP contribution in [-0.2, 0) is 4.74 Å². The van der Waals surface area contributed by atoms with E-state index >= 15 is 0 Å². The highest BCUT2D eigenvalue weighted by Gasteiger charge is 2.19. The molecule has 0 atom stereocenters. The molecule has 16 heavy (non-hydrogen) atoms. The molecule has 0 aromatic heterocycles. The van der Waals surface area contributed by atoms with E-state index in [-0.39, 0.29) is 0 Å². The summed E-state index contributed by atoms with van der Waals surface area (Å²) in [5, 5.41) is 3.22. The molecule has 0 amide bonds. The van der Waals surface area contributed by atoms with Crippen molar-refractivity contribution in [2.75, 3.05) is 33.7 Å². The van der Waals surface area contributed by atoms with Gasteiger partial charge in [-0.1, -0.05) is 0 Å². The Bertz CT molecular complexity index is 255. The Morgan fingerprint density at radius 2 is 2.19 bits per heavy atom. The van der Waals surface area contributed by atoms with E-state index < -0.39 is 0 Å². The van der Waals surface area contributed by atoms with Crippen LogP contribution in [0, 0.1) is 0 Å². The molecule has 0 radical (unpaired) electrons. The third-order valence-corrected chi connectivity index (χ3v) is 2.65. The van der Waals surface area contributed by atoms with Gasteiger partial charge in [-0.25, -0.2) is 4.58 Å². The first-order valence-electron chi connectivity index (χ1n) is 5.96. The van der Waals surface area contributed by atoms with E-state index in [0.717, 1.165) is 38.4 Å². The molecule has 0 aliphatic carbocycles. The van der Waals surface area contributed by atoms with Gasteiger partial charge in [-0.3, -0.25) is 0 Å². The van der Waals surface area contributed by atoms with Crippen LogP contribution >= 0.6 is 0 Å². The Kier molecular flexibility index (Phi) is 5.32. The zero-order valence-corrected chi connectivity index (χ0v) is 10.7. The Morgan fingerprint density at radius 3 is 2.69 bits per heavy atom. The molecule has 1 N–H and O–H groups in total. The molecule has 0 bridgehead atoms. The summed E-state index contributed by atoms with van der Waals surface area (Å²) < 4.78 is 7.69. The lowest BCUT2D eigenvalue weighted by Gasteiger charge is -2.29. The maximum atomic E-state index is 5.93. The van der Waals surface area contributed by atoms with Crippen molar-refractivity contribution < 1.29 is 9.31 Å². The lowest BCUT2D eigenvalue weighted by atomic mass is 10.1.